The Morgan fingerprint density at radius 3 is 2.65 bits per heavy atom. The number of thiol groups is 1. The second-order valence-electron chi connectivity index (χ2n) is 5.25. The van der Waals surface area contributed by atoms with Crippen molar-refractivity contribution in [1.29, 1.82) is 0 Å². The van der Waals surface area contributed by atoms with Gasteiger partial charge in [-0.05, 0) is 43.9 Å². The third kappa shape index (κ3) is 7.56. The fourth-order valence-electron chi connectivity index (χ4n) is 2.00. The van der Waals surface area contributed by atoms with Gasteiger partial charge >= 0.3 is 0 Å². The first-order valence-corrected chi connectivity index (χ1v) is 7.93. The number of hydrogen-bond acceptors (Lipinski definition) is 3. The number of carbonyl (C=O) groups excluding carboxylic acids is 1. The molecule has 0 spiro atoms. The smallest absolute Gasteiger partial charge is 0.220 e. The Morgan fingerprint density at radius 2 is 2.00 bits per heavy atom. The molecule has 0 aliphatic heterocycles. The average molecular weight is 294 g/mol. The Kier molecular flexibility index (Phi) is 8.38. The van der Waals surface area contributed by atoms with Crippen LogP contribution in [-0.2, 0) is 11.2 Å². The summed E-state index contributed by atoms with van der Waals surface area (Å²) >= 11 is 4.14. The van der Waals surface area contributed by atoms with Gasteiger partial charge in [0, 0.05) is 19.0 Å². The van der Waals surface area contributed by atoms with Crippen molar-refractivity contribution in [3.05, 3.63) is 35.4 Å². The molecule has 0 saturated heterocycles. The number of carbonyl (C=O) groups is 1. The summed E-state index contributed by atoms with van der Waals surface area (Å²) in [4.78, 5) is 11.7. The van der Waals surface area contributed by atoms with Gasteiger partial charge in [0.2, 0.25) is 5.91 Å². The Morgan fingerprint density at radius 1 is 1.30 bits per heavy atom. The van der Waals surface area contributed by atoms with Crippen LogP contribution in [0, 0.1) is 6.92 Å². The van der Waals surface area contributed by atoms with Gasteiger partial charge in [-0.25, -0.2) is 0 Å². The maximum Gasteiger partial charge on any atom is 0.220 e. The lowest BCUT2D eigenvalue weighted by Gasteiger charge is -2.10. The Bertz CT molecular complexity index is 392. The fraction of sp³-hybridized carbons (Fsp3) is 0.562. The molecule has 4 heteroatoms. The number of amides is 1. The monoisotopic (exact) mass is 294 g/mol. The summed E-state index contributed by atoms with van der Waals surface area (Å²) in [6.07, 6.45) is 4.14. The van der Waals surface area contributed by atoms with Crippen LogP contribution in [-0.4, -0.2) is 24.2 Å². The van der Waals surface area contributed by atoms with Crippen molar-refractivity contribution < 1.29 is 4.79 Å². The molecule has 0 heterocycles. The van der Waals surface area contributed by atoms with E-state index in [-0.39, 0.29) is 11.9 Å². The molecule has 112 valence electrons. The number of nitrogens with one attached hydrogen (secondary N) is 1. The van der Waals surface area contributed by atoms with Crippen LogP contribution in [0.15, 0.2) is 24.3 Å². The van der Waals surface area contributed by atoms with E-state index in [4.69, 9.17) is 5.73 Å². The van der Waals surface area contributed by atoms with Crippen molar-refractivity contribution in [2.45, 2.75) is 45.1 Å². The predicted octanol–water partition coefficient (Wildman–Crippen LogP) is 2.47. The molecular formula is C16H26N2OS. The molecule has 0 radical (unpaired) electrons. The molecule has 1 atom stereocenters. The van der Waals surface area contributed by atoms with E-state index in [1.807, 2.05) is 0 Å². The second kappa shape index (κ2) is 9.83. The molecular weight excluding hydrogens is 268 g/mol. The van der Waals surface area contributed by atoms with E-state index in [2.05, 4.69) is 49.1 Å². The molecule has 1 unspecified atom stereocenters. The maximum absolute atomic E-state index is 11.7. The molecule has 0 aromatic heterocycles. The van der Waals surface area contributed by atoms with Gasteiger partial charge in [-0.2, -0.15) is 12.6 Å². The van der Waals surface area contributed by atoms with Crippen LogP contribution >= 0.6 is 12.6 Å². The lowest BCUT2D eigenvalue weighted by molar-refractivity contribution is -0.121. The van der Waals surface area contributed by atoms with Crippen molar-refractivity contribution >= 4 is 18.5 Å². The summed E-state index contributed by atoms with van der Waals surface area (Å²) in [5, 5.41) is 2.92. The van der Waals surface area contributed by atoms with E-state index in [9.17, 15) is 4.79 Å². The lowest BCUT2D eigenvalue weighted by Crippen LogP contribution is -2.30. The van der Waals surface area contributed by atoms with Gasteiger partial charge < -0.3 is 11.1 Å². The van der Waals surface area contributed by atoms with Gasteiger partial charge in [0.15, 0.2) is 0 Å². The van der Waals surface area contributed by atoms with E-state index in [1.54, 1.807) is 0 Å². The molecule has 20 heavy (non-hydrogen) atoms. The van der Waals surface area contributed by atoms with E-state index in [0.717, 1.165) is 31.4 Å². The minimum atomic E-state index is 0.121. The first-order chi connectivity index (χ1) is 9.61. The molecule has 1 aromatic rings. The summed E-state index contributed by atoms with van der Waals surface area (Å²) in [5.41, 5.74) is 8.42. The third-order valence-corrected chi connectivity index (χ3v) is 3.59. The molecule has 1 rings (SSSR count). The largest absolute Gasteiger partial charge is 0.356 e. The second-order valence-corrected chi connectivity index (χ2v) is 5.70. The van der Waals surface area contributed by atoms with Crippen LogP contribution in [0.5, 0.6) is 0 Å². The highest BCUT2D eigenvalue weighted by Gasteiger charge is 2.04. The van der Waals surface area contributed by atoms with Crippen molar-refractivity contribution in [3.63, 3.8) is 0 Å². The highest BCUT2D eigenvalue weighted by Crippen LogP contribution is 2.07. The van der Waals surface area contributed by atoms with Crippen LogP contribution in [0.2, 0.25) is 0 Å². The quantitative estimate of drug-likeness (QED) is 0.613. The van der Waals surface area contributed by atoms with Crippen molar-refractivity contribution in [2.75, 3.05) is 12.3 Å². The first kappa shape index (κ1) is 17.1. The summed E-state index contributed by atoms with van der Waals surface area (Å²) < 4.78 is 0. The number of hydrogen-bond donors (Lipinski definition) is 3. The minimum absolute atomic E-state index is 0.121. The van der Waals surface area contributed by atoms with E-state index >= 15 is 0 Å². The van der Waals surface area contributed by atoms with Gasteiger partial charge in [0.05, 0.1) is 0 Å². The summed E-state index contributed by atoms with van der Waals surface area (Å²) in [5.74, 6) is 0.918. The van der Waals surface area contributed by atoms with E-state index in [1.165, 1.54) is 11.1 Å². The van der Waals surface area contributed by atoms with Gasteiger partial charge in [0.25, 0.3) is 0 Å². The molecule has 0 fully saturated rings. The standard InChI is InChI=1S/C16H26N2OS/c1-13-5-7-14(8-6-13)3-2-4-16(19)18-11-9-15(17)10-12-20/h5-8,15,20H,2-4,9-12,17H2,1H3,(H,18,19). The van der Waals surface area contributed by atoms with Crippen molar-refractivity contribution in [3.8, 4) is 0 Å². The minimum Gasteiger partial charge on any atom is -0.356 e. The number of benzene rings is 1. The highest BCUT2D eigenvalue weighted by molar-refractivity contribution is 7.80. The molecule has 3 N–H and O–H groups in total. The normalized spacial score (nSPS) is 12.2. The Labute approximate surface area is 127 Å². The van der Waals surface area contributed by atoms with Gasteiger partial charge in [0.1, 0.15) is 0 Å². The van der Waals surface area contributed by atoms with Crippen LogP contribution < -0.4 is 11.1 Å². The zero-order chi connectivity index (χ0) is 14.8. The molecule has 0 aliphatic rings. The molecule has 1 aromatic carbocycles. The van der Waals surface area contributed by atoms with Gasteiger partial charge in [-0.1, -0.05) is 29.8 Å². The fourth-order valence-corrected chi connectivity index (χ4v) is 2.33. The van der Waals surface area contributed by atoms with Gasteiger partial charge in [-0.3, -0.25) is 4.79 Å². The zero-order valence-electron chi connectivity index (χ0n) is 12.3. The molecule has 0 bridgehead atoms. The van der Waals surface area contributed by atoms with E-state index < -0.39 is 0 Å². The van der Waals surface area contributed by atoms with E-state index in [0.29, 0.717) is 13.0 Å². The van der Waals surface area contributed by atoms with Gasteiger partial charge in [-0.15, -0.1) is 0 Å². The topological polar surface area (TPSA) is 55.1 Å². The SMILES string of the molecule is Cc1ccc(CCCC(=O)NCCC(N)CCS)cc1. The Hall–Kier alpha value is -1.00. The van der Waals surface area contributed by atoms with Crippen molar-refractivity contribution in [1.82, 2.24) is 5.32 Å². The maximum atomic E-state index is 11.7. The summed E-state index contributed by atoms with van der Waals surface area (Å²) in [6.45, 7) is 2.74. The molecule has 3 nitrogen and oxygen atoms in total. The van der Waals surface area contributed by atoms with Crippen LogP contribution in [0.25, 0.3) is 0 Å². The average Bonchev–Trinajstić information content (AvgIpc) is 2.41. The summed E-state index contributed by atoms with van der Waals surface area (Å²) in [7, 11) is 0. The number of nitrogens with two attached hydrogens (primary N) is 1. The Balaban J connectivity index is 2.09. The summed E-state index contributed by atoms with van der Waals surface area (Å²) in [6, 6.07) is 8.62. The molecule has 1 amide bonds. The van der Waals surface area contributed by atoms with Crippen LogP contribution in [0.1, 0.15) is 36.8 Å². The number of rotatable bonds is 9. The van der Waals surface area contributed by atoms with Crippen LogP contribution in [0.3, 0.4) is 0 Å². The lowest BCUT2D eigenvalue weighted by atomic mass is 10.1. The highest BCUT2D eigenvalue weighted by atomic mass is 32.1. The third-order valence-electron chi connectivity index (χ3n) is 3.33. The first-order valence-electron chi connectivity index (χ1n) is 7.30. The molecule has 0 saturated carbocycles. The number of aryl methyl sites for hydroxylation is 2. The predicted molar refractivity (Wildman–Crippen MR) is 88.2 cm³/mol. The van der Waals surface area contributed by atoms with Crippen LogP contribution in [0.4, 0.5) is 0 Å². The molecule has 0 aliphatic carbocycles. The van der Waals surface area contributed by atoms with Crippen molar-refractivity contribution in [2.24, 2.45) is 5.73 Å². The zero-order valence-corrected chi connectivity index (χ0v) is 13.2.